The molecule has 3 rings (SSSR count). The van der Waals surface area contributed by atoms with Crippen LogP contribution in [0, 0.1) is 18.6 Å². The van der Waals surface area contributed by atoms with E-state index in [1.807, 2.05) is 13.8 Å². The highest BCUT2D eigenvalue weighted by Crippen LogP contribution is 2.35. The van der Waals surface area contributed by atoms with Crippen molar-refractivity contribution in [1.82, 2.24) is 9.97 Å². The van der Waals surface area contributed by atoms with E-state index in [-0.39, 0.29) is 23.1 Å². The van der Waals surface area contributed by atoms with Crippen molar-refractivity contribution in [3.63, 3.8) is 0 Å². The zero-order chi connectivity index (χ0) is 22.7. The Morgan fingerprint density at radius 2 is 2.00 bits per heavy atom. The first kappa shape index (κ1) is 22.7. The van der Waals surface area contributed by atoms with Crippen molar-refractivity contribution in [1.29, 1.82) is 0 Å². The van der Waals surface area contributed by atoms with Gasteiger partial charge in [0.05, 0.1) is 18.5 Å². The molecule has 0 saturated heterocycles. The molecule has 164 valence electrons. The molecule has 0 aliphatic carbocycles. The van der Waals surface area contributed by atoms with Gasteiger partial charge in [-0.05, 0) is 32.4 Å². The first-order chi connectivity index (χ1) is 14.7. The number of ether oxygens (including phenoxy) is 2. The number of aromatic nitrogens is 2. The topological polar surface area (TPSA) is 67.7 Å². The van der Waals surface area contributed by atoms with E-state index in [1.165, 1.54) is 0 Å². The lowest BCUT2D eigenvalue weighted by atomic mass is 10.1. The fraction of sp³-hybridized carbons (Fsp3) is 0.273. The van der Waals surface area contributed by atoms with Gasteiger partial charge in [0.25, 0.3) is 0 Å². The number of aliphatic hydroxyl groups excluding tert-OH is 1. The van der Waals surface area contributed by atoms with Gasteiger partial charge in [0, 0.05) is 24.0 Å². The van der Waals surface area contributed by atoms with Crippen LogP contribution in [0.3, 0.4) is 0 Å². The maximum atomic E-state index is 13.8. The number of rotatable bonds is 7. The maximum absolute atomic E-state index is 13.8. The van der Waals surface area contributed by atoms with Gasteiger partial charge in [-0.3, -0.25) is 9.97 Å². The molecule has 1 aliphatic rings. The third-order valence-corrected chi connectivity index (χ3v) is 4.99. The van der Waals surface area contributed by atoms with Crippen LogP contribution in [0.5, 0.6) is 0 Å². The lowest BCUT2D eigenvalue weighted by Gasteiger charge is -2.35. The Labute approximate surface area is 184 Å². The summed E-state index contributed by atoms with van der Waals surface area (Å²) in [6.07, 6.45) is 2.92. The maximum Gasteiger partial charge on any atom is 0.171 e. The quantitative estimate of drug-likeness (QED) is 0.613. The molecule has 6 nitrogen and oxygen atoms in total. The van der Waals surface area contributed by atoms with Crippen molar-refractivity contribution in [3.8, 4) is 0 Å². The van der Waals surface area contributed by atoms with Gasteiger partial charge in [-0.15, -0.1) is 0 Å². The molecule has 0 amide bonds. The fourth-order valence-corrected chi connectivity index (χ4v) is 3.27. The summed E-state index contributed by atoms with van der Waals surface area (Å²) >= 11 is 6.37. The number of pyridine rings is 2. The second kappa shape index (κ2) is 9.45. The van der Waals surface area contributed by atoms with E-state index in [0.717, 1.165) is 17.8 Å². The Morgan fingerprint density at radius 1 is 1.26 bits per heavy atom. The van der Waals surface area contributed by atoms with E-state index in [0.29, 0.717) is 29.4 Å². The Morgan fingerprint density at radius 3 is 2.68 bits per heavy atom. The summed E-state index contributed by atoms with van der Waals surface area (Å²) < 4.78 is 37.8. The number of halogens is 3. The van der Waals surface area contributed by atoms with E-state index in [1.54, 1.807) is 30.2 Å². The van der Waals surface area contributed by atoms with Gasteiger partial charge in [-0.2, -0.15) is 0 Å². The zero-order valence-corrected chi connectivity index (χ0v) is 18.1. The fourth-order valence-electron chi connectivity index (χ4n) is 3.06. The summed E-state index contributed by atoms with van der Waals surface area (Å²) in [6.45, 7) is 9.51. The highest BCUT2D eigenvalue weighted by molar-refractivity contribution is 6.31. The van der Waals surface area contributed by atoms with E-state index in [2.05, 4.69) is 16.5 Å². The minimum atomic E-state index is -1.25. The van der Waals surface area contributed by atoms with E-state index in [9.17, 15) is 13.9 Å². The van der Waals surface area contributed by atoms with E-state index >= 15 is 0 Å². The van der Waals surface area contributed by atoms with Crippen molar-refractivity contribution in [2.45, 2.75) is 33.6 Å². The first-order valence-electron chi connectivity index (χ1n) is 9.49. The normalized spacial score (nSPS) is 16.3. The molecule has 1 unspecified atom stereocenters. The third-order valence-electron chi connectivity index (χ3n) is 4.61. The van der Waals surface area contributed by atoms with Crippen molar-refractivity contribution in [2.75, 3.05) is 11.5 Å². The number of anilines is 1. The van der Waals surface area contributed by atoms with Crippen LogP contribution >= 0.6 is 11.6 Å². The van der Waals surface area contributed by atoms with Gasteiger partial charge < -0.3 is 19.5 Å². The SMILES string of the molecule is C=C(OCC)c1cc(N2C(C)=CC(OCc3ncc(F)cc3F)=C(Cl)C2O)c(C)cn1. The van der Waals surface area contributed by atoms with Crippen LogP contribution < -0.4 is 4.90 Å². The molecule has 0 aromatic carbocycles. The van der Waals surface area contributed by atoms with Crippen molar-refractivity contribution >= 4 is 23.0 Å². The highest BCUT2D eigenvalue weighted by Gasteiger charge is 2.30. The molecule has 2 aromatic rings. The zero-order valence-electron chi connectivity index (χ0n) is 17.3. The summed E-state index contributed by atoms with van der Waals surface area (Å²) in [7, 11) is 0. The van der Waals surface area contributed by atoms with Crippen molar-refractivity contribution in [2.24, 2.45) is 0 Å². The van der Waals surface area contributed by atoms with Gasteiger partial charge >= 0.3 is 0 Å². The van der Waals surface area contributed by atoms with Crippen LogP contribution in [0.2, 0.25) is 0 Å². The first-order valence-corrected chi connectivity index (χ1v) is 9.87. The minimum absolute atomic E-state index is 0.00881. The van der Waals surface area contributed by atoms with Gasteiger partial charge in [0.15, 0.2) is 12.0 Å². The number of hydrogen-bond donors (Lipinski definition) is 1. The predicted molar refractivity (Wildman–Crippen MR) is 114 cm³/mol. The highest BCUT2D eigenvalue weighted by atomic mass is 35.5. The summed E-state index contributed by atoms with van der Waals surface area (Å²) in [6, 6.07) is 2.47. The molecule has 31 heavy (non-hydrogen) atoms. The molecule has 0 saturated carbocycles. The average Bonchev–Trinajstić information content (AvgIpc) is 2.72. The van der Waals surface area contributed by atoms with E-state index < -0.39 is 17.9 Å². The average molecular weight is 450 g/mol. The molecular formula is C22H22ClF2N3O3. The van der Waals surface area contributed by atoms with Crippen molar-refractivity contribution < 1.29 is 23.4 Å². The minimum Gasteiger partial charge on any atom is -0.492 e. The Bertz CT molecular complexity index is 1070. The van der Waals surface area contributed by atoms with E-state index in [4.69, 9.17) is 21.1 Å². The summed E-state index contributed by atoms with van der Waals surface area (Å²) in [4.78, 5) is 9.62. The number of allylic oxidation sites excluding steroid dienone is 2. The van der Waals surface area contributed by atoms with Gasteiger partial charge in [-0.25, -0.2) is 8.78 Å². The van der Waals surface area contributed by atoms with Crippen LogP contribution in [0.15, 0.2) is 53.7 Å². The van der Waals surface area contributed by atoms with Gasteiger partial charge in [0.1, 0.15) is 40.4 Å². The molecule has 9 heteroatoms. The smallest absolute Gasteiger partial charge is 0.171 e. The molecular weight excluding hydrogens is 428 g/mol. The lowest BCUT2D eigenvalue weighted by molar-refractivity contribution is 0.173. The monoisotopic (exact) mass is 449 g/mol. The molecule has 0 fully saturated rings. The van der Waals surface area contributed by atoms with Gasteiger partial charge in [-0.1, -0.05) is 18.2 Å². The lowest BCUT2D eigenvalue weighted by Crippen LogP contribution is -2.37. The Hall–Kier alpha value is -2.97. The van der Waals surface area contributed by atoms with Gasteiger partial charge in [0.2, 0.25) is 0 Å². The molecule has 1 N–H and O–H groups in total. The Kier molecular flexibility index (Phi) is 6.92. The standard InChI is InChI=1S/C22H22ClF2N3O3/c1-5-30-14(4)17-8-19(12(2)9-26-17)28-13(3)6-20(21(23)22(28)29)31-11-18-16(25)7-15(24)10-27-18/h6-10,22,29H,4-5,11H2,1-3H3. The van der Waals surface area contributed by atoms with Crippen LogP contribution in [0.25, 0.3) is 5.76 Å². The van der Waals surface area contributed by atoms with Crippen LogP contribution in [0.1, 0.15) is 30.8 Å². The number of aryl methyl sites for hydroxylation is 1. The van der Waals surface area contributed by atoms with Crippen LogP contribution in [0.4, 0.5) is 14.5 Å². The predicted octanol–water partition coefficient (Wildman–Crippen LogP) is 4.78. The molecule has 0 bridgehead atoms. The molecule has 0 radical (unpaired) electrons. The number of hydrogen-bond acceptors (Lipinski definition) is 6. The summed E-state index contributed by atoms with van der Waals surface area (Å²) in [5, 5.41) is 10.9. The second-order valence-corrected chi connectivity index (χ2v) is 7.23. The summed E-state index contributed by atoms with van der Waals surface area (Å²) in [5.74, 6) is -1.03. The summed E-state index contributed by atoms with van der Waals surface area (Å²) in [5.41, 5.74) is 2.54. The molecule has 1 aliphatic heterocycles. The molecule has 1 atom stereocenters. The number of nitrogens with zero attached hydrogens (tertiary/aromatic N) is 3. The Balaban J connectivity index is 1.86. The van der Waals surface area contributed by atoms with Crippen molar-refractivity contribution in [3.05, 3.63) is 82.3 Å². The molecule has 2 aromatic heterocycles. The van der Waals surface area contributed by atoms with Crippen LogP contribution in [-0.2, 0) is 16.1 Å². The third kappa shape index (κ3) is 4.86. The second-order valence-electron chi connectivity index (χ2n) is 6.82. The molecule has 3 heterocycles. The van der Waals surface area contributed by atoms with Crippen LogP contribution in [-0.4, -0.2) is 27.9 Å². The number of aliphatic hydroxyl groups is 1. The molecule has 0 spiro atoms. The largest absolute Gasteiger partial charge is 0.492 e.